The summed E-state index contributed by atoms with van der Waals surface area (Å²) in [5, 5.41) is 17.2. The Labute approximate surface area is 251 Å². The van der Waals surface area contributed by atoms with Gasteiger partial charge in [-0.15, -0.1) is 0 Å². The molecule has 0 bridgehead atoms. The number of aliphatic hydroxyl groups excluding tert-OH is 1. The van der Waals surface area contributed by atoms with E-state index in [9.17, 15) is 14.7 Å². The lowest BCUT2D eigenvalue weighted by Gasteiger charge is -2.33. The summed E-state index contributed by atoms with van der Waals surface area (Å²) >= 11 is 0. The van der Waals surface area contributed by atoms with Crippen LogP contribution in [-0.4, -0.2) is 105 Å². The van der Waals surface area contributed by atoms with Crippen molar-refractivity contribution in [3.8, 4) is 0 Å². The van der Waals surface area contributed by atoms with Gasteiger partial charge < -0.3 is 34.4 Å². The Morgan fingerprint density at radius 3 is 2.17 bits per heavy atom. The minimum absolute atomic E-state index is 0.284. The van der Waals surface area contributed by atoms with Crippen LogP contribution in [0.25, 0.3) is 10.9 Å². The number of nitrogens with zero attached hydrogens (tertiary/aromatic N) is 2. The first-order chi connectivity index (χ1) is 20.0. The van der Waals surface area contributed by atoms with Gasteiger partial charge in [-0.2, -0.15) is 0 Å². The van der Waals surface area contributed by atoms with Crippen LogP contribution in [0, 0.1) is 0 Å². The molecule has 9 heteroatoms. The number of aliphatic hydroxyl groups is 1. The molecule has 0 saturated carbocycles. The minimum atomic E-state index is -1.05. The lowest BCUT2D eigenvalue weighted by Crippen LogP contribution is -2.46. The molecule has 0 aliphatic heterocycles. The van der Waals surface area contributed by atoms with Gasteiger partial charge in [0.15, 0.2) is 0 Å². The first kappa shape index (κ1) is 33.1. The van der Waals surface area contributed by atoms with Gasteiger partial charge in [-0.1, -0.05) is 48.5 Å². The van der Waals surface area contributed by atoms with Crippen molar-refractivity contribution in [2.24, 2.45) is 0 Å². The maximum Gasteiger partial charge on any atom is 0.407 e. The molecule has 0 aliphatic carbocycles. The van der Waals surface area contributed by atoms with Crippen molar-refractivity contribution in [2.75, 3.05) is 67.5 Å². The van der Waals surface area contributed by atoms with Crippen LogP contribution in [0.2, 0.25) is 0 Å². The van der Waals surface area contributed by atoms with E-state index in [1.54, 1.807) is 0 Å². The number of unbranched alkanes of at least 4 members (excludes halogenated alkanes) is 1. The second-order valence-corrected chi connectivity index (χ2v) is 12.5. The lowest BCUT2D eigenvalue weighted by atomic mass is 10.1. The quantitative estimate of drug-likeness (QED) is 0.135. The summed E-state index contributed by atoms with van der Waals surface area (Å²) in [5.74, 6) is -0.312. The van der Waals surface area contributed by atoms with E-state index in [2.05, 4.69) is 43.8 Å². The lowest BCUT2D eigenvalue weighted by molar-refractivity contribution is -0.909. The summed E-state index contributed by atoms with van der Waals surface area (Å²) < 4.78 is 7.12. The van der Waals surface area contributed by atoms with Gasteiger partial charge in [0.05, 0.1) is 54.4 Å². The number of hydrogen-bond acceptors (Lipinski definition) is 4. The predicted molar refractivity (Wildman–Crippen MR) is 168 cm³/mol. The van der Waals surface area contributed by atoms with Gasteiger partial charge in [-0.25, -0.2) is 4.79 Å². The van der Waals surface area contributed by atoms with Crippen molar-refractivity contribution in [1.82, 2.24) is 15.6 Å². The molecular weight excluding hydrogens is 530 g/mol. The van der Waals surface area contributed by atoms with Crippen molar-refractivity contribution in [2.45, 2.75) is 44.8 Å². The third-order valence-electron chi connectivity index (χ3n) is 7.83. The van der Waals surface area contributed by atoms with Crippen molar-refractivity contribution in [1.29, 1.82) is 0 Å². The summed E-state index contributed by atoms with van der Waals surface area (Å²) in [7, 11) is 9.00. The van der Waals surface area contributed by atoms with Gasteiger partial charge in [0, 0.05) is 49.5 Å². The number of benzene rings is 2. The largest absolute Gasteiger partial charge is 0.445 e. The Morgan fingerprint density at radius 2 is 1.43 bits per heavy atom. The molecule has 2 amide bonds. The Morgan fingerprint density at radius 1 is 0.810 bits per heavy atom. The first-order valence-corrected chi connectivity index (χ1v) is 15.1. The number of aromatic amines is 1. The number of fused-ring (bicyclic) bond motifs is 1. The highest BCUT2D eigenvalue weighted by Gasteiger charge is 2.20. The summed E-state index contributed by atoms with van der Waals surface area (Å²) in [6, 6.07) is 17.6. The molecule has 9 nitrogen and oxygen atoms in total. The third kappa shape index (κ3) is 11.8. The molecule has 0 saturated heterocycles. The fourth-order valence-corrected chi connectivity index (χ4v) is 5.22. The van der Waals surface area contributed by atoms with Gasteiger partial charge in [0.2, 0.25) is 5.91 Å². The second-order valence-electron chi connectivity index (χ2n) is 12.5. The van der Waals surface area contributed by atoms with Gasteiger partial charge in [-0.05, 0) is 30.0 Å². The second kappa shape index (κ2) is 16.3. The number of alkyl carbamates (subject to hydrolysis) is 1. The number of carbonyl (C=O) groups excluding carboxylic acids is 2. The Kier molecular flexibility index (Phi) is 12.8. The van der Waals surface area contributed by atoms with Crippen LogP contribution >= 0.6 is 0 Å². The molecule has 0 fully saturated rings. The van der Waals surface area contributed by atoms with Gasteiger partial charge in [0.25, 0.3) is 0 Å². The van der Waals surface area contributed by atoms with E-state index in [0.717, 1.165) is 82.9 Å². The summed E-state index contributed by atoms with van der Waals surface area (Å²) in [6.07, 6.45) is 4.65. The monoisotopic (exact) mass is 581 g/mol. The minimum Gasteiger partial charge on any atom is -0.445 e. The smallest absolute Gasteiger partial charge is 0.407 e. The van der Waals surface area contributed by atoms with Crippen LogP contribution in [-0.2, 0) is 22.6 Å². The molecule has 0 unspecified atom stereocenters. The maximum absolute atomic E-state index is 12.4. The zero-order valence-electron chi connectivity index (χ0n) is 25.9. The standard InChI is InChI=1S/C33H49N5O4/c1-37(2,20-11-10-18-34-32(40)31(39)24-28-25-36-30-17-9-8-16-29(28)30)22-13-23-38(3,4)21-12-19-35-33(41)42-26-27-14-6-5-7-15-27/h5-9,14-17,25,31,36,39H,10-13,18-24,26H2,1-4H3/p+2/t31-/m0/s1. The molecule has 0 radical (unpaired) electrons. The highest BCUT2D eigenvalue weighted by Crippen LogP contribution is 2.19. The number of carbonyl (C=O) groups is 2. The number of rotatable bonds is 18. The van der Waals surface area contributed by atoms with E-state index in [-0.39, 0.29) is 18.6 Å². The summed E-state index contributed by atoms with van der Waals surface area (Å²) in [4.78, 5) is 27.5. The van der Waals surface area contributed by atoms with Gasteiger partial charge >= 0.3 is 6.09 Å². The predicted octanol–water partition coefficient (Wildman–Crippen LogP) is 3.83. The van der Waals surface area contributed by atoms with Crippen molar-refractivity contribution in [3.05, 3.63) is 71.9 Å². The summed E-state index contributed by atoms with van der Waals surface area (Å²) in [5.41, 5.74) is 2.94. The number of quaternary nitrogens is 2. The van der Waals surface area contributed by atoms with Crippen molar-refractivity contribution >= 4 is 22.9 Å². The van der Waals surface area contributed by atoms with Crippen LogP contribution in [0.1, 0.15) is 36.8 Å². The van der Waals surface area contributed by atoms with E-state index in [0.29, 0.717) is 19.5 Å². The molecule has 0 spiro atoms. The zero-order valence-corrected chi connectivity index (χ0v) is 25.9. The number of H-pyrrole nitrogens is 1. The van der Waals surface area contributed by atoms with Gasteiger partial charge in [0.1, 0.15) is 12.7 Å². The third-order valence-corrected chi connectivity index (χ3v) is 7.83. The zero-order chi connectivity index (χ0) is 30.4. The first-order valence-electron chi connectivity index (χ1n) is 15.1. The fourth-order valence-electron chi connectivity index (χ4n) is 5.22. The molecule has 4 N–H and O–H groups in total. The van der Waals surface area contributed by atoms with E-state index in [1.165, 1.54) is 0 Å². The van der Waals surface area contributed by atoms with Crippen LogP contribution in [0.5, 0.6) is 0 Å². The molecule has 3 aromatic rings. The average Bonchev–Trinajstić information content (AvgIpc) is 3.36. The van der Waals surface area contributed by atoms with E-state index in [4.69, 9.17) is 4.74 Å². The van der Waals surface area contributed by atoms with Crippen LogP contribution < -0.4 is 10.6 Å². The van der Waals surface area contributed by atoms with Crippen LogP contribution in [0.4, 0.5) is 4.79 Å². The van der Waals surface area contributed by atoms with Crippen molar-refractivity contribution in [3.63, 3.8) is 0 Å². The normalized spacial score (nSPS) is 12.7. The van der Waals surface area contributed by atoms with E-state index in [1.807, 2.05) is 60.8 Å². The van der Waals surface area contributed by atoms with Crippen LogP contribution in [0.3, 0.4) is 0 Å². The SMILES string of the molecule is C[N+](C)(CCCCNC(=O)[C@@H](O)Cc1c[nH]c2ccccc12)CCC[N+](C)(C)CCCNC(=O)OCc1ccccc1. The molecule has 230 valence electrons. The molecule has 2 aromatic carbocycles. The summed E-state index contributed by atoms with van der Waals surface area (Å²) in [6.45, 7) is 5.64. The number of para-hydroxylation sites is 1. The average molecular weight is 582 g/mol. The number of hydrogen-bond donors (Lipinski definition) is 4. The number of amides is 2. The Bertz CT molecular complexity index is 1240. The molecule has 42 heavy (non-hydrogen) atoms. The van der Waals surface area contributed by atoms with E-state index >= 15 is 0 Å². The highest BCUT2D eigenvalue weighted by molar-refractivity contribution is 5.85. The topological polar surface area (TPSA) is 103 Å². The molecular formula is C33H51N5O4+2. The fraction of sp³-hybridized carbons (Fsp3) is 0.515. The number of nitrogens with one attached hydrogen (secondary N) is 3. The number of aromatic nitrogens is 1. The number of ether oxygens (including phenoxy) is 1. The van der Waals surface area contributed by atoms with Crippen molar-refractivity contribution < 1.29 is 28.4 Å². The maximum atomic E-state index is 12.4. The van der Waals surface area contributed by atoms with Crippen LogP contribution in [0.15, 0.2) is 60.8 Å². The molecule has 0 aliphatic rings. The molecule has 1 aromatic heterocycles. The highest BCUT2D eigenvalue weighted by atomic mass is 16.5. The Hall–Kier alpha value is -3.40. The Balaban J connectivity index is 1.22. The molecule has 1 heterocycles. The van der Waals surface area contributed by atoms with E-state index < -0.39 is 6.10 Å². The van der Waals surface area contributed by atoms with Gasteiger partial charge in [-0.3, -0.25) is 4.79 Å². The molecule has 1 atom stereocenters. The molecule has 3 rings (SSSR count).